The SMILES string of the molecule is Cc1cccc(C)c1N1C=CNC1. The Morgan fingerprint density at radius 2 is 1.92 bits per heavy atom. The summed E-state index contributed by atoms with van der Waals surface area (Å²) in [7, 11) is 0. The molecule has 1 aromatic carbocycles. The molecule has 0 atom stereocenters. The Bertz CT molecular complexity index is 322. The van der Waals surface area contributed by atoms with E-state index in [1.54, 1.807) is 0 Å². The van der Waals surface area contributed by atoms with Crippen molar-refractivity contribution in [1.82, 2.24) is 5.32 Å². The van der Waals surface area contributed by atoms with Crippen molar-refractivity contribution >= 4 is 5.69 Å². The van der Waals surface area contributed by atoms with Gasteiger partial charge in [-0.3, -0.25) is 0 Å². The van der Waals surface area contributed by atoms with Gasteiger partial charge < -0.3 is 10.2 Å². The van der Waals surface area contributed by atoms with E-state index in [-0.39, 0.29) is 0 Å². The highest BCUT2D eigenvalue weighted by Crippen LogP contribution is 2.25. The van der Waals surface area contributed by atoms with Crippen molar-refractivity contribution in [2.24, 2.45) is 0 Å². The fourth-order valence-corrected chi connectivity index (χ4v) is 1.76. The largest absolute Gasteiger partial charge is 0.372 e. The summed E-state index contributed by atoms with van der Waals surface area (Å²) in [6.07, 6.45) is 4.06. The van der Waals surface area contributed by atoms with Crippen LogP contribution >= 0.6 is 0 Å². The normalized spacial score (nSPS) is 14.8. The Morgan fingerprint density at radius 1 is 1.23 bits per heavy atom. The van der Waals surface area contributed by atoms with Gasteiger partial charge in [0.25, 0.3) is 0 Å². The van der Waals surface area contributed by atoms with Crippen LogP contribution in [0.15, 0.2) is 30.6 Å². The smallest absolute Gasteiger partial charge is 0.0916 e. The molecule has 0 radical (unpaired) electrons. The molecule has 1 heterocycles. The Hall–Kier alpha value is -1.44. The fourth-order valence-electron chi connectivity index (χ4n) is 1.76. The van der Waals surface area contributed by atoms with Gasteiger partial charge in [-0.15, -0.1) is 0 Å². The first-order chi connectivity index (χ1) is 6.29. The number of aryl methyl sites for hydroxylation is 2. The number of anilines is 1. The number of nitrogens with one attached hydrogen (secondary N) is 1. The first kappa shape index (κ1) is 8.17. The van der Waals surface area contributed by atoms with Gasteiger partial charge in [0.1, 0.15) is 0 Å². The predicted octanol–water partition coefficient (Wildman–Crippen LogP) is 2.14. The molecule has 0 fully saturated rings. The molecule has 0 saturated heterocycles. The van der Waals surface area contributed by atoms with Crippen LogP contribution < -0.4 is 10.2 Å². The van der Waals surface area contributed by atoms with Crippen molar-refractivity contribution in [3.63, 3.8) is 0 Å². The van der Waals surface area contributed by atoms with Gasteiger partial charge in [0.05, 0.1) is 6.67 Å². The van der Waals surface area contributed by atoms with Crippen LogP contribution in [0.1, 0.15) is 11.1 Å². The summed E-state index contributed by atoms with van der Waals surface area (Å²) in [6, 6.07) is 6.39. The molecule has 0 spiro atoms. The third kappa shape index (κ3) is 1.39. The number of nitrogens with zero attached hydrogens (tertiary/aromatic N) is 1. The minimum Gasteiger partial charge on any atom is -0.372 e. The molecule has 0 unspecified atom stereocenters. The van der Waals surface area contributed by atoms with Crippen LogP contribution in [0.4, 0.5) is 5.69 Å². The van der Waals surface area contributed by atoms with E-state index in [1.807, 2.05) is 6.20 Å². The second kappa shape index (κ2) is 3.13. The number of rotatable bonds is 1. The van der Waals surface area contributed by atoms with E-state index in [9.17, 15) is 0 Å². The van der Waals surface area contributed by atoms with E-state index in [2.05, 4.69) is 48.5 Å². The standard InChI is InChI=1S/C11H14N2/c1-9-4-3-5-10(2)11(9)13-7-6-12-8-13/h3-7,12H,8H2,1-2H3. The van der Waals surface area contributed by atoms with Gasteiger partial charge in [0.2, 0.25) is 0 Å². The highest BCUT2D eigenvalue weighted by Gasteiger charge is 2.10. The van der Waals surface area contributed by atoms with Crippen LogP contribution in [0.2, 0.25) is 0 Å². The van der Waals surface area contributed by atoms with Crippen molar-refractivity contribution in [3.8, 4) is 0 Å². The third-order valence-corrected chi connectivity index (χ3v) is 2.36. The molecule has 68 valence electrons. The summed E-state index contributed by atoms with van der Waals surface area (Å²) in [5.41, 5.74) is 3.98. The lowest BCUT2D eigenvalue weighted by molar-refractivity contribution is 0.894. The zero-order valence-corrected chi connectivity index (χ0v) is 8.04. The van der Waals surface area contributed by atoms with Gasteiger partial charge in [0, 0.05) is 18.1 Å². The lowest BCUT2D eigenvalue weighted by Gasteiger charge is -2.19. The zero-order valence-electron chi connectivity index (χ0n) is 8.04. The van der Waals surface area contributed by atoms with Gasteiger partial charge >= 0.3 is 0 Å². The molecule has 1 aromatic rings. The number of para-hydroxylation sites is 1. The van der Waals surface area contributed by atoms with Crippen molar-refractivity contribution in [3.05, 3.63) is 41.7 Å². The predicted molar refractivity (Wildman–Crippen MR) is 55.5 cm³/mol. The molecule has 1 N–H and O–H groups in total. The van der Waals surface area contributed by atoms with E-state index in [0.29, 0.717) is 0 Å². The molecular weight excluding hydrogens is 160 g/mol. The van der Waals surface area contributed by atoms with Gasteiger partial charge in [-0.2, -0.15) is 0 Å². The van der Waals surface area contributed by atoms with Crippen LogP contribution in [0, 0.1) is 13.8 Å². The summed E-state index contributed by atoms with van der Waals surface area (Å²) in [4.78, 5) is 2.23. The molecule has 0 bridgehead atoms. The highest BCUT2D eigenvalue weighted by molar-refractivity contribution is 5.61. The summed E-state index contributed by atoms with van der Waals surface area (Å²) in [5, 5.41) is 3.17. The Morgan fingerprint density at radius 3 is 2.46 bits per heavy atom. The van der Waals surface area contributed by atoms with Crippen LogP contribution in [0.3, 0.4) is 0 Å². The molecule has 0 aliphatic carbocycles. The van der Waals surface area contributed by atoms with E-state index < -0.39 is 0 Å². The molecule has 2 heteroatoms. The van der Waals surface area contributed by atoms with Gasteiger partial charge in [0.15, 0.2) is 0 Å². The number of hydrogen-bond donors (Lipinski definition) is 1. The van der Waals surface area contributed by atoms with Gasteiger partial charge in [-0.25, -0.2) is 0 Å². The molecule has 0 saturated carbocycles. The minimum absolute atomic E-state index is 0.881. The van der Waals surface area contributed by atoms with E-state index in [1.165, 1.54) is 16.8 Å². The van der Waals surface area contributed by atoms with Crippen molar-refractivity contribution in [1.29, 1.82) is 0 Å². The first-order valence-electron chi connectivity index (χ1n) is 4.52. The quantitative estimate of drug-likeness (QED) is 0.701. The zero-order chi connectivity index (χ0) is 9.26. The molecule has 13 heavy (non-hydrogen) atoms. The molecule has 2 rings (SSSR count). The van der Waals surface area contributed by atoms with E-state index >= 15 is 0 Å². The first-order valence-corrected chi connectivity index (χ1v) is 4.52. The Balaban J connectivity index is 2.43. The Labute approximate surface area is 78.9 Å². The highest BCUT2D eigenvalue weighted by atomic mass is 15.2. The summed E-state index contributed by atoms with van der Waals surface area (Å²) in [5.74, 6) is 0. The Kier molecular flexibility index (Phi) is 1.97. The minimum atomic E-state index is 0.881. The van der Waals surface area contributed by atoms with Crippen molar-refractivity contribution in [2.75, 3.05) is 11.6 Å². The van der Waals surface area contributed by atoms with Gasteiger partial charge in [-0.1, -0.05) is 18.2 Å². The maximum absolute atomic E-state index is 3.17. The van der Waals surface area contributed by atoms with Crippen molar-refractivity contribution < 1.29 is 0 Å². The lowest BCUT2D eigenvalue weighted by Crippen LogP contribution is -2.21. The summed E-state index contributed by atoms with van der Waals surface area (Å²) >= 11 is 0. The van der Waals surface area contributed by atoms with Crippen LogP contribution in [-0.4, -0.2) is 6.67 Å². The second-order valence-corrected chi connectivity index (χ2v) is 3.39. The third-order valence-electron chi connectivity index (χ3n) is 2.36. The van der Waals surface area contributed by atoms with Crippen LogP contribution in [0.25, 0.3) is 0 Å². The van der Waals surface area contributed by atoms with Crippen LogP contribution in [-0.2, 0) is 0 Å². The maximum Gasteiger partial charge on any atom is 0.0916 e. The molecular formula is C11H14N2. The molecule has 2 nitrogen and oxygen atoms in total. The van der Waals surface area contributed by atoms with Crippen LogP contribution in [0.5, 0.6) is 0 Å². The maximum atomic E-state index is 3.17. The van der Waals surface area contributed by atoms with Crippen molar-refractivity contribution in [2.45, 2.75) is 13.8 Å². The van der Waals surface area contributed by atoms with Gasteiger partial charge in [-0.05, 0) is 25.0 Å². The molecule has 1 aliphatic heterocycles. The molecule has 0 aromatic heterocycles. The average Bonchev–Trinajstić information content (AvgIpc) is 2.57. The number of hydrogen-bond acceptors (Lipinski definition) is 2. The van der Waals surface area contributed by atoms with E-state index in [0.717, 1.165) is 6.67 Å². The lowest BCUT2D eigenvalue weighted by atomic mass is 10.1. The van der Waals surface area contributed by atoms with E-state index in [4.69, 9.17) is 0 Å². The number of benzene rings is 1. The second-order valence-electron chi connectivity index (χ2n) is 3.39. The summed E-state index contributed by atoms with van der Waals surface area (Å²) in [6.45, 7) is 5.18. The topological polar surface area (TPSA) is 15.3 Å². The molecule has 0 amide bonds. The monoisotopic (exact) mass is 174 g/mol. The average molecular weight is 174 g/mol. The molecule has 1 aliphatic rings. The fraction of sp³-hybridized carbons (Fsp3) is 0.273. The summed E-state index contributed by atoms with van der Waals surface area (Å²) < 4.78 is 0.